The van der Waals surface area contributed by atoms with Crippen molar-refractivity contribution in [2.45, 2.75) is 12.8 Å². The Bertz CT molecular complexity index is 484. The lowest BCUT2D eigenvalue weighted by molar-refractivity contribution is -0.129. The summed E-state index contributed by atoms with van der Waals surface area (Å²) in [4.78, 5) is 13.0. The van der Waals surface area contributed by atoms with E-state index in [-0.39, 0.29) is 18.1 Å². The molecule has 0 bridgehead atoms. The zero-order valence-corrected chi connectivity index (χ0v) is 13.0. The summed E-state index contributed by atoms with van der Waals surface area (Å²) >= 11 is 0. The quantitative estimate of drug-likeness (QED) is 0.562. The van der Waals surface area contributed by atoms with Crippen molar-refractivity contribution < 1.29 is 21.6 Å². The largest absolute Gasteiger partial charge is 0.346 e. The summed E-state index contributed by atoms with van der Waals surface area (Å²) in [5, 5.41) is 0. The van der Waals surface area contributed by atoms with Crippen molar-refractivity contribution in [3.8, 4) is 0 Å². The van der Waals surface area contributed by atoms with Crippen LogP contribution < -0.4 is 5.73 Å². The van der Waals surface area contributed by atoms with E-state index in [0.29, 0.717) is 19.5 Å². The lowest BCUT2D eigenvalue weighted by Crippen LogP contribution is -2.31. The van der Waals surface area contributed by atoms with Crippen LogP contribution in [0.3, 0.4) is 0 Å². The minimum Gasteiger partial charge on any atom is -0.346 e. The molecule has 0 aliphatic rings. The van der Waals surface area contributed by atoms with Crippen LogP contribution >= 0.6 is 0 Å². The first-order valence-electron chi connectivity index (χ1n) is 5.89. The van der Waals surface area contributed by atoms with Crippen molar-refractivity contribution in [3.05, 3.63) is 0 Å². The van der Waals surface area contributed by atoms with Crippen molar-refractivity contribution >= 4 is 25.6 Å². The summed E-state index contributed by atoms with van der Waals surface area (Å²) in [6.45, 7) is 0.947. The van der Waals surface area contributed by atoms with Crippen LogP contribution in [0.1, 0.15) is 12.8 Å². The van der Waals surface area contributed by atoms with Gasteiger partial charge in [0.15, 0.2) is 9.84 Å². The summed E-state index contributed by atoms with van der Waals surface area (Å²) in [5.41, 5.74) is 5.31. The highest BCUT2D eigenvalue weighted by atomic mass is 32.2. The first kappa shape index (κ1) is 18.3. The van der Waals surface area contributed by atoms with E-state index in [2.05, 4.69) is 0 Å². The second kappa shape index (κ2) is 7.81. The van der Waals surface area contributed by atoms with Crippen LogP contribution in [0, 0.1) is 0 Å². The van der Waals surface area contributed by atoms with E-state index in [1.807, 2.05) is 0 Å². The van der Waals surface area contributed by atoms with Gasteiger partial charge in [0.05, 0.1) is 17.3 Å². The van der Waals surface area contributed by atoms with Gasteiger partial charge < -0.3 is 10.6 Å². The van der Waals surface area contributed by atoms with Crippen LogP contribution in [-0.2, 0) is 24.5 Å². The molecule has 2 N–H and O–H groups in total. The fourth-order valence-corrected chi connectivity index (χ4v) is 4.18. The fourth-order valence-electron chi connectivity index (χ4n) is 1.27. The van der Waals surface area contributed by atoms with E-state index < -0.39 is 31.2 Å². The van der Waals surface area contributed by atoms with E-state index in [9.17, 15) is 21.6 Å². The minimum atomic E-state index is -3.52. The smallest absolute Gasteiger partial charge is 0.223 e. The highest BCUT2D eigenvalue weighted by Gasteiger charge is 2.18. The minimum absolute atomic E-state index is 0.132. The molecule has 0 spiro atoms. The van der Waals surface area contributed by atoms with E-state index >= 15 is 0 Å². The Morgan fingerprint density at radius 1 is 1.11 bits per heavy atom. The Morgan fingerprint density at radius 2 is 1.68 bits per heavy atom. The number of hydrogen-bond acceptors (Lipinski definition) is 6. The molecule has 0 saturated heterocycles. The molecule has 7 nitrogen and oxygen atoms in total. The summed E-state index contributed by atoms with van der Waals surface area (Å²) in [5.74, 6) is -1.46. The van der Waals surface area contributed by atoms with Crippen molar-refractivity contribution in [2.75, 3.05) is 43.7 Å². The van der Waals surface area contributed by atoms with Crippen LogP contribution in [0.4, 0.5) is 0 Å². The molecule has 0 unspecified atom stereocenters. The van der Waals surface area contributed by atoms with Crippen LogP contribution in [0.15, 0.2) is 0 Å². The molecular weight excluding hydrogens is 292 g/mol. The number of sulfone groups is 2. The zero-order chi connectivity index (χ0) is 15.1. The van der Waals surface area contributed by atoms with Gasteiger partial charge in [-0.2, -0.15) is 0 Å². The van der Waals surface area contributed by atoms with Gasteiger partial charge in [-0.25, -0.2) is 16.8 Å². The third kappa shape index (κ3) is 9.85. The number of hydrogen-bond donors (Lipinski definition) is 1. The molecule has 0 aromatic rings. The van der Waals surface area contributed by atoms with Gasteiger partial charge in [0, 0.05) is 26.3 Å². The molecule has 19 heavy (non-hydrogen) atoms. The maximum atomic E-state index is 11.6. The van der Waals surface area contributed by atoms with E-state index in [1.54, 1.807) is 7.05 Å². The van der Waals surface area contributed by atoms with Gasteiger partial charge >= 0.3 is 0 Å². The standard InChI is InChI=1S/C10H22N2O5S2/c1-12(6-3-5-11)10(13)4-7-19(16,17)9-8-18(2,14)15/h3-9,11H2,1-2H3. The number of amides is 1. The average Bonchev–Trinajstić information content (AvgIpc) is 2.30. The summed E-state index contributed by atoms with van der Waals surface area (Å²) in [6, 6.07) is 0. The van der Waals surface area contributed by atoms with Crippen molar-refractivity contribution in [1.82, 2.24) is 4.90 Å². The van der Waals surface area contributed by atoms with Gasteiger partial charge in [-0.3, -0.25) is 4.79 Å². The van der Waals surface area contributed by atoms with Crippen molar-refractivity contribution in [1.29, 1.82) is 0 Å². The fraction of sp³-hybridized carbons (Fsp3) is 0.900. The SMILES string of the molecule is CN(CCCN)C(=O)CCS(=O)(=O)CCS(C)(=O)=O. The molecule has 0 aliphatic heterocycles. The third-order valence-electron chi connectivity index (χ3n) is 2.52. The van der Waals surface area contributed by atoms with Gasteiger partial charge in [0.2, 0.25) is 5.91 Å². The Balaban J connectivity index is 4.20. The van der Waals surface area contributed by atoms with E-state index in [4.69, 9.17) is 5.73 Å². The molecular formula is C10H22N2O5S2. The lowest BCUT2D eigenvalue weighted by Gasteiger charge is -2.16. The molecule has 0 aromatic carbocycles. The predicted octanol–water partition coefficient (Wildman–Crippen LogP) is -1.36. The summed E-state index contributed by atoms with van der Waals surface area (Å²) in [6.07, 6.45) is 1.50. The highest BCUT2D eigenvalue weighted by Crippen LogP contribution is 2.00. The highest BCUT2D eigenvalue weighted by molar-refractivity contribution is 7.94. The van der Waals surface area contributed by atoms with Crippen molar-refractivity contribution in [3.63, 3.8) is 0 Å². The molecule has 0 heterocycles. The molecule has 0 radical (unpaired) electrons. The first-order valence-corrected chi connectivity index (χ1v) is 9.78. The van der Waals surface area contributed by atoms with Crippen LogP contribution in [-0.4, -0.2) is 71.3 Å². The number of carbonyl (C=O) groups is 1. The van der Waals surface area contributed by atoms with Crippen LogP contribution in [0.5, 0.6) is 0 Å². The van der Waals surface area contributed by atoms with Crippen molar-refractivity contribution in [2.24, 2.45) is 5.73 Å². The number of carbonyl (C=O) groups excluding carboxylic acids is 1. The van der Waals surface area contributed by atoms with Gasteiger partial charge in [-0.1, -0.05) is 0 Å². The average molecular weight is 314 g/mol. The second-order valence-corrected chi connectivity index (χ2v) is 9.05. The Labute approximate surface area is 115 Å². The maximum Gasteiger partial charge on any atom is 0.223 e. The maximum absolute atomic E-state index is 11.6. The predicted molar refractivity (Wildman–Crippen MR) is 74.3 cm³/mol. The zero-order valence-electron chi connectivity index (χ0n) is 11.3. The van der Waals surface area contributed by atoms with Crippen LogP contribution in [0.2, 0.25) is 0 Å². The van der Waals surface area contributed by atoms with E-state index in [0.717, 1.165) is 6.26 Å². The Hall–Kier alpha value is -0.670. The summed E-state index contributed by atoms with van der Waals surface area (Å²) in [7, 11) is -5.24. The molecule has 0 aromatic heterocycles. The molecule has 0 atom stereocenters. The number of nitrogens with zero attached hydrogens (tertiary/aromatic N) is 1. The molecule has 1 amide bonds. The monoisotopic (exact) mass is 314 g/mol. The topological polar surface area (TPSA) is 115 Å². The first-order chi connectivity index (χ1) is 8.57. The Morgan fingerprint density at radius 3 is 2.16 bits per heavy atom. The second-order valence-electron chi connectivity index (χ2n) is 4.49. The lowest BCUT2D eigenvalue weighted by atomic mass is 10.3. The normalized spacial score (nSPS) is 12.4. The third-order valence-corrected chi connectivity index (χ3v) is 5.37. The molecule has 0 fully saturated rings. The number of rotatable bonds is 9. The molecule has 0 aliphatic carbocycles. The van der Waals surface area contributed by atoms with E-state index in [1.165, 1.54) is 4.90 Å². The molecule has 0 saturated carbocycles. The molecule has 0 rings (SSSR count). The Kier molecular flexibility index (Phi) is 7.53. The summed E-state index contributed by atoms with van der Waals surface area (Å²) < 4.78 is 44.9. The number of nitrogens with two attached hydrogens (primary N) is 1. The van der Waals surface area contributed by atoms with Gasteiger partial charge in [-0.15, -0.1) is 0 Å². The van der Waals surface area contributed by atoms with Gasteiger partial charge in [-0.05, 0) is 13.0 Å². The van der Waals surface area contributed by atoms with Crippen LogP contribution in [0.25, 0.3) is 0 Å². The molecule has 9 heteroatoms. The van der Waals surface area contributed by atoms with Gasteiger partial charge in [0.1, 0.15) is 9.84 Å². The van der Waals surface area contributed by atoms with Gasteiger partial charge in [0.25, 0.3) is 0 Å². The molecule has 114 valence electrons.